The third-order valence-corrected chi connectivity index (χ3v) is 3.58. The summed E-state index contributed by atoms with van der Waals surface area (Å²) in [5.74, 6) is -0.305. The number of nitrogens with zero attached hydrogens (tertiary/aromatic N) is 1. The topological polar surface area (TPSA) is 87.5 Å². The van der Waals surface area contributed by atoms with E-state index in [-0.39, 0.29) is 12.5 Å². The van der Waals surface area contributed by atoms with Crippen molar-refractivity contribution in [2.24, 2.45) is 5.73 Å². The van der Waals surface area contributed by atoms with Gasteiger partial charge in [-0.2, -0.15) is 0 Å². The molecule has 0 aromatic heterocycles. The summed E-state index contributed by atoms with van der Waals surface area (Å²) in [6, 6.07) is 0.316. The molecule has 102 valence electrons. The zero-order chi connectivity index (χ0) is 13.0. The summed E-state index contributed by atoms with van der Waals surface area (Å²) in [6.07, 6.45) is 5.99. The summed E-state index contributed by atoms with van der Waals surface area (Å²) in [7, 11) is 0. The summed E-state index contributed by atoms with van der Waals surface area (Å²) >= 11 is 0. The van der Waals surface area contributed by atoms with Gasteiger partial charge >= 0.3 is 6.03 Å². The highest BCUT2D eigenvalue weighted by Crippen LogP contribution is 2.21. The van der Waals surface area contributed by atoms with E-state index in [4.69, 9.17) is 5.73 Å². The standard InChI is InChI=1S/C12H22N4O2/c13-12(18)15-11(17)8-16-6-2-1-3-10(16)7-14-9-4-5-9/h9-10,14H,1-8H2,(H3,13,15,17,18). The van der Waals surface area contributed by atoms with Crippen LogP contribution < -0.4 is 16.4 Å². The van der Waals surface area contributed by atoms with E-state index < -0.39 is 6.03 Å². The molecule has 4 N–H and O–H groups in total. The van der Waals surface area contributed by atoms with Gasteiger partial charge in [0, 0.05) is 18.6 Å². The summed E-state index contributed by atoms with van der Waals surface area (Å²) < 4.78 is 0. The van der Waals surface area contributed by atoms with Crippen LogP contribution in [0.2, 0.25) is 0 Å². The normalized spacial score (nSPS) is 24.8. The maximum absolute atomic E-state index is 11.5. The van der Waals surface area contributed by atoms with Gasteiger partial charge in [-0.05, 0) is 32.2 Å². The fourth-order valence-electron chi connectivity index (χ4n) is 2.45. The zero-order valence-electron chi connectivity index (χ0n) is 10.7. The van der Waals surface area contributed by atoms with Crippen LogP contribution in [0.1, 0.15) is 32.1 Å². The molecule has 3 amide bonds. The predicted octanol–water partition coefficient (Wildman–Crippen LogP) is -0.212. The van der Waals surface area contributed by atoms with Gasteiger partial charge in [-0.3, -0.25) is 15.0 Å². The minimum Gasteiger partial charge on any atom is -0.351 e. The molecule has 1 heterocycles. The van der Waals surface area contributed by atoms with Gasteiger partial charge < -0.3 is 11.1 Å². The highest BCUT2D eigenvalue weighted by molar-refractivity contribution is 5.94. The lowest BCUT2D eigenvalue weighted by Crippen LogP contribution is -2.50. The van der Waals surface area contributed by atoms with Crippen molar-refractivity contribution < 1.29 is 9.59 Å². The molecule has 1 unspecified atom stereocenters. The Labute approximate surface area is 107 Å². The first-order valence-electron chi connectivity index (χ1n) is 6.72. The number of carbonyl (C=O) groups is 2. The Balaban J connectivity index is 1.78. The third-order valence-electron chi connectivity index (χ3n) is 3.58. The number of piperidine rings is 1. The monoisotopic (exact) mass is 254 g/mol. The summed E-state index contributed by atoms with van der Waals surface area (Å²) in [4.78, 5) is 24.3. The van der Waals surface area contributed by atoms with Gasteiger partial charge in [0.25, 0.3) is 0 Å². The van der Waals surface area contributed by atoms with Crippen molar-refractivity contribution in [1.82, 2.24) is 15.5 Å². The van der Waals surface area contributed by atoms with E-state index in [1.54, 1.807) is 0 Å². The minimum absolute atomic E-state index is 0.264. The second kappa shape index (κ2) is 6.15. The van der Waals surface area contributed by atoms with Crippen LogP contribution >= 0.6 is 0 Å². The van der Waals surface area contributed by atoms with Crippen molar-refractivity contribution >= 4 is 11.9 Å². The van der Waals surface area contributed by atoms with Crippen LogP contribution in [-0.4, -0.2) is 48.6 Å². The lowest BCUT2D eigenvalue weighted by molar-refractivity contribution is -0.122. The van der Waals surface area contributed by atoms with Crippen LogP contribution in [0.4, 0.5) is 4.79 Å². The first-order chi connectivity index (χ1) is 8.65. The molecule has 1 atom stereocenters. The van der Waals surface area contributed by atoms with E-state index in [0.29, 0.717) is 12.1 Å². The SMILES string of the molecule is NC(=O)NC(=O)CN1CCCCC1CNC1CC1. The van der Waals surface area contributed by atoms with Crippen LogP contribution in [0.25, 0.3) is 0 Å². The molecule has 2 aliphatic rings. The maximum Gasteiger partial charge on any atom is 0.318 e. The first-order valence-corrected chi connectivity index (χ1v) is 6.72. The minimum atomic E-state index is -0.773. The average molecular weight is 254 g/mol. The molecule has 1 aliphatic carbocycles. The first kappa shape index (κ1) is 13.3. The number of nitrogens with two attached hydrogens (primary N) is 1. The second-order valence-electron chi connectivity index (χ2n) is 5.22. The molecule has 18 heavy (non-hydrogen) atoms. The molecule has 2 fully saturated rings. The number of primary amides is 1. The smallest absolute Gasteiger partial charge is 0.318 e. The van der Waals surface area contributed by atoms with Crippen LogP contribution in [0, 0.1) is 0 Å². The number of hydrogen-bond acceptors (Lipinski definition) is 4. The van der Waals surface area contributed by atoms with Gasteiger partial charge in [-0.15, -0.1) is 0 Å². The largest absolute Gasteiger partial charge is 0.351 e. The fraction of sp³-hybridized carbons (Fsp3) is 0.833. The summed E-state index contributed by atoms with van der Waals surface area (Å²) in [6.45, 7) is 2.12. The number of carbonyl (C=O) groups excluding carboxylic acids is 2. The number of urea groups is 1. The Morgan fingerprint density at radius 3 is 2.67 bits per heavy atom. The molecule has 0 aromatic carbocycles. The Bertz CT molecular complexity index is 317. The summed E-state index contributed by atoms with van der Waals surface area (Å²) in [5, 5.41) is 5.63. The molecular weight excluding hydrogens is 232 g/mol. The van der Waals surface area contributed by atoms with Crippen molar-refractivity contribution in [3.05, 3.63) is 0 Å². The molecule has 0 radical (unpaired) electrons. The van der Waals surface area contributed by atoms with E-state index in [1.165, 1.54) is 19.3 Å². The lowest BCUT2D eigenvalue weighted by Gasteiger charge is -2.35. The fourth-order valence-corrected chi connectivity index (χ4v) is 2.45. The Hall–Kier alpha value is -1.14. The van der Waals surface area contributed by atoms with Crippen molar-refractivity contribution in [2.45, 2.75) is 44.2 Å². The van der Waals surface area contributed by atoms with Crippen molar-refractivity contribution in [2.75, 3.05) is 19.6 Å². The molecule has 1 saturated heterocycles. The van der Waals surface area contributed by atoms with Gasteiger partial charge in [-0.25, -0.2) is 4.79 Å². The Kier molecular flexibility index (Phi) is 4.54. The molecule has 1 saturated carbocycles. The van der Waals surface area contributed by atoms with Crippen LogP contribution in [0.3, 0.4) is 0 Å². The predicted molar refractivity (Wildman–Crippen MR) is 68.0 cm³/mol. The number of imide groups is 1. The van der Waals surface area contributed by atoms with Crippen molar-refractivity contribution in [1.29, 1.82) is 0 Å². The molecule has 2 rings (SSSR count). The summed E-state index contributed by atoms with van der Waals surface area (Å²) in [5.41, 5.74) is 4.94. The van der Waals surface area contributed by atoms with E-state index in [0.717, 1.165) is 25.9 Å². The number of hydrogen-bond donors (Lipinski definition) is 3. The van der Waals surface area contributed by atoms with Gasteiger partial charge in [0.2, 0.25) is 5.91 Å². The van der Waals surface area contributed by atoms with Gasteiger partial charge in [0.15, 0.2) is 0 Å². The molecule has 0 spiro atoms. The number of nitrogens with one attached hydrogen (secondary N) is 2. The molecule has 0 aromatic rings. The van der Waals surface area contributed by atoms with Crippen LogP contribution in [0.5, 0.6) is 0 Å². The van der Waals surface area contributed by atoms with E-state index in [1.807, 2.05) is 0 Å². The maximum atomic E-state index is 11.5. The number of rotatable bonds is 5. The van der Waals surface area contributed by atoms with Crippen LogP contribution in [-0.2, 0) is 4.79 Å². The molecule has 6 nitrogen and oxygen atoms in total. The number of likely N-dealkylation sites (tertiary alicyclic amines) is 1. The van der Waals surface area contributed by atoms with Gasteiger partial charge in [0.05, 0.1) is 6.54 Å². The highest BCUT2D eigenvalue weighted by Gasteiger charge is 2.27. The quantitative estimate of drug-likeness (QED) is 0.633. The molecule has 0 bridgehead atoms. The van der Waals surface area contributed by atoms with E-state index in [9.17, 15) is 9.59 Å². The number of amides is 3. The highest BCUT2D eigenvalue weighted by atomic mass is 16.2. The van der Waals surface area contributed by atoms with Crippen molar-refractivity contribution in [3.8, 4) is 0 Å². The lowest BCUT2D eigenvalue weighted by atomic mass is 10.0. The van der Waals surface area contributed by atoms with Crippen molar-refractivity contribution in [3.63, 3.8) is 0 Å². The second-order valence-corrected chi connectivity index (χ2v) is 5.22. The third kappa shape index (κ3) is 4.27. The Morgan fingerprint density at radius 1 is 1.22 bits per heavy atom. The average Bonchev–Trinajstić information content (AvgIpc) is 3.10. The van der Waals surface area contributed by atoms with Gasteiger partial charge in [0.1, 0.15) is 0 Å². The van der Waals surface area contributed by atoms with Gasteiger partial charge in [-0.1, -0.05) is 6.42 Å². The Morgan fingerprint density at radius 2 is 2.00 bits per heavy atom. The van der Waals surface area contributed by atoms with E-state index in [2.05, 4.69) is 15.5 Å². The molecule has 1 aliphatic heterocycles. The van der Waals surface area contributed by atoms with Crippen LogP contribution in [0.15, 0.2) is 0 Å². The molecule has 6 heteroatoms. The molecular formula is C12H22N4O2. The van der Waals surface area contributed by atoms with E-state index >= 15 is 0 Å². The zero-order valence-corrected chi connectivity index (χ0v) is 10.7.